The molecule has 108 valence electrons. The van der Waals surface area contributed by atoms with E-state index in [0.717, 1.165) is 0 Å². The van der Waals surface area contributed by atoms with Gasteiger partial charge in [-0.3, -0.25) is 4.79 Å². The van der Waals surface area contributed by atoms with E-state index in [1.807, 2.05) is 0 Å². The van der Waals surface area contributed by atoms with Gasteiger partial charge in [-0.05, 0) is 49.9 Å². The molecule has 0 radical (unpaired) electrons. The average Bonchev–Trinajstić information content (AvgIpc) is 2.68. The predicted octanol–water partition coefficient (Wildman–Crippen LogP) is 2.31. The summed E-state index contributed by atoms with van der Waals surface area (Å²) in [6.45, 7) is 4.94. The fraction of sp³-hybridized carbons (Fsp3) is 0.467. The van der Waals surface area contributed by atoms with Crippen molar-refractivity contribution in [1.29, 1.82) is 0 Å². The zero-order valence-electron chi connectivity index (χ0n) is 11.8. The number of hydrogen-bond acceptors (Lipinski definition) is 2. The minimum atomic E-state index is -1.39. The minimum Gasteiger partial charge on any atom is -0.479 e. The quantitative estimate of drug-likeness (QED) is 0.923. The molecule has 1 N–H and O–H groups in total. The summed E-state index contributed by atoms with van der Waals surface area (Å²) in [5.41, 5.74) is -0.196. The summed E-state index contributed by atoms with van der Waals surface area (Å²) in [5, 5.41) is 9.76. The van der Waals surface area contributed by atoms with E-state index >= 15 is 0 Å². The van der Waals surface area contributed by atoms with Crippen molar-refractivity contribution >= 4 is 11.9 Å². The molecule has 20 heavy (non-hydrogen) atoms. The molecular formula is C15H18FNO3. The third kappa shape index (κ3) is 1.97. The van der Waals surface area contributed by atoms with Crippen molar-refractivity contribution in [2.75, 3.05) is 0 Å². The molecule has 1 atom stereocenters. The van der Waals surface area contributed by atoms with Gasteiger partial charge in [0.2, 0.25) is 5.91 Å². The molecule has 0 heterocycles. The third-order valence-corrected chi connectivity index (χ3v) is 3.89. The number of amides is 1. The second-order valence-corrected chi connectivity index (χ2v) is 5.45. The Balaban J connectivity index is 2.66. The summed E-state index contributed by atoms with van der Waals surface area (Å²) in [6.07, 6.45) is 0.731. The first-order valence-electron chi connectivity index (χ1n) is 6.63. The Morgan fingerprint density at radius 2 is 2.05 bits per heavy atom. The van der Waals surface area contributed by atoms with Gasteiger partial charge in [-0.25, -0.2) is 9.18 Å². The first-order valence-corrected chi connectivity index (χ1v) is 6.63. The number of carbonyl (C=O) groups excluding carboxylic acids is 1. The number of aliphatic carboxylic acids is 1. The molecule has 4 nitrogen and oxygen atoms in total. The number of aryl methyl sites for hydroxylation is 1. The molecule has 1 aromatic carbocycles. The van der Waals surface area contributed by atoms with Crippen LogP contribution in [0.5, 0.6) is 0 Å². The van der Waals surface area contributed by atoms with Crippen LogP contribution >= 0.6 is 0 Å². The van der Waals surface area contributed by atoms with Crippen molar-refractivity contribution in [3.05, 3.63) is 35.1 Å². The molecule has 0 saturated heterocycles. The summed E-state index contributed by atoms with van der Waals surface area (Å²) in [5.74, 6) is -1.74. The lowest BCUT2D eigenvalue weighted by atomic mass is 9.88. The summed E-state index contributed by atoms with van der Waals surface area (Å²) in [7, 11) is 0. The second kappa shape index (κ2) is 4.89. The maximum absolute atomic E-state index is 13.3. The monoisotopic (exact) mass is 279 g/mol. The van der Waals surface area contributed by atoms with Crippen LogP contribution < -0.4 is 0 Å². The standard InChI is InChI=1S/C15H18FNO3/c1-9(2)17(10(3)18)15(14(19)20)7-6-11-8-12(16)4-5-13(11)15/h4-5,8-9H,6-7H2,1-3H3,(H,19,20). The molecule has 1 amide bonds. The zero-order chi connectivity index (χ0) is 15.1. The van der Waals surface area contributed by atoms with Crippen LogP contribution in [0, 0.1) is 5.82 Å². The van der Waals surface area contributed by atoms with Crippen LogP contribution in [0.1, 0.15) is 38.3 Å². The summed E-state index contributed by atoms with van der Waals surface area (Å²) in [6, 6.07) is 3.85. The Hall–Kier alpha value is -1.91. The van der Waals surface area contributed by atoms with Gasteiger partial charge in [-0.15, -0.1) is 0 Å². The van der Waals surface area contributed by atoms with Crippen molar-refractivity contribution in [1.82, 2.24) is 4.90 Å². The van der Waals surface area contributed by atoms with Crippen molar-refractivity contribution in [2.24, 2.45) is 0 Å². The minimum absolute atomic E-state index is 0.250. The van der Waals surface area contributed by atoms with Gasteiger partial charge in [-0.1, -0.05) is 6.07 Å². The normalized spacial score (nSPS) is 20.9. The van der Waals surface area contributed by atoms with Gasteiger partial charge in [-0.2, -0.15) is 0 Å². The molecule has 0 spiro atoms. The highest BCUT2D eigenvalue weighted by Crippen LogP contribution is 2.43. The number of hydrogen-bond donors (Lipinski definition) is 1. The van der Waals surface area contributed by atoms with E-state index in [1.54, 1.807) is 13.8 Å². The topological polar surface area (TPSA) is 57.6 Å². The average molecular weight is 279 g/mol. The molecule has 1 aliphatic rings. The number of carbonyl (C=O) groups is 2. The number of benzene rings is 1. The number of carboxylic acids is 1. The Morgan fingerprint density at radius 1 is 1.40 bits per heavy atom. The predicted molar refractivity (Wildman–Crippen MR) is 71.7 cm³/mol. The largest absolute Gasteiger partial charge is 0.479 e. The van der Waals surface area contributed by atoms with E-state index in [-0.39, 0.29) is 24.2 Å². The van der Waals surface area contributed by atoms with E-state index in [0.29, 0.717) is 17.5 Å². The molecule has 1 aromatic rings. The first kappa shape index (κ1) is 14.5. The summed E-state index contributed by atoms with van der Waals surface area (Å²) in [4.78, 5) is 25.3. The molecule has 0 bridgehead atoms. The highest BCUT2D eigenvalue weighted by Gasteiger charge is 2.52. The molecule has 2 rings (SSSR count). The second-order valence-electron chi connectivity index (χ2n) is 5.45. The van der Waals surface area contributed by atoms with Crippen LogP contribution in [0.2, 0.25) is 0 Å². The maximum atomic E-state index is 13.3. The molecule has 0 aliphatic heterocycles. The van der Waals surface area contributed by atoms with Crippen molar-refractivity contribution < 1.29 is 19.1 Å². The Morgan fingerprint density at radius 3 is 2.55 bits per heavy atom. The lowest BCUT2D eigenvalue weighted by molar-refractivity contribution is -0.162. The fourth-order valence-corrected chi connectivity index (χ4v) is 3.27. The lowest BCUT2D eigenvalue weighted by Crippen LogP contribution is -2.55. The van der Waals surface area contributed by atoms with Crippen LogP contribution in [0.3, 0.4) is 0 Å². The number of fused-ring (bicyclic) bond motifs is 1. The fourth-order valence-electron chi connectivity index (χ4n) is 3.27. The SMILES string of the molecule is CC(=O)N(C(C)C)C1(C(=O)O)CCc2cc(F)ccc21. The Bertz CT molecular complexity index is 570. The summed E-state index contributed by atoms with van der Waals surface area (Å²) >= 11 is 0. The van der Waals surface area contributed by atoms with Crippen LogP contribution in [-0.2, 0) is 21.5 Å². The van der Waals surface area contributed by atoms with E-state index in [1.165, 1.54) is 30.0 Å². The number of carboxylic acid groups (broad SMARTS) is 1. The van der Waals surface area contributed by atoms with Gasteiger partial charge in [0, 0.05) is 13.0 Å². The smallest absolute Gasteiger partial charge is 0.334 e. The van der Waals surface area contributed by atoms with Gasteiger partial charge in [0.25, 0.3) is 0 Å². The van der Waals surface area contributed by atoms with Crippen LogP contribution in [-0.4, -0.2) is 27.9 Å². The highest BCUT2D eigenvalue weighted by molar-refractivity contribution is 5.89. The molecular weight excluding hydrogens is 261 g/mol. The molecule has 1 unspecified atom stereocenters. The van der Waals surface area contributed by atoms with Crippen LogP contribution in [0.25, 0.3) is 0 Å². The number of halogens is 1. The molecule has 1 aliphatic carbocycles. The van der Waals surface area contributed by atoms with Gasteiger partial charge in [0.15, 0.2) is 5.54 Å². The van der Waals surface area contributed by atoms with E-state index in [9.17, 15) is 19.1 Å². The van der Waals surface area contributed by atoms with Crippen molar-refractivity contribution in [2.45, 2.75) is 45.2 Å². The van der Waals surface area contributed by atoms with Gasteiger partial charge in [0.1, 0.15) is 5.82 Å². The van der Waals surface area contributed by atoms with Crippen LogP contribution in [0.4, 0.5) is 4.39 Å². The molecule has 0 aromatic heterocycles. The Labute approximate surface area is 117 Å². The molecule has 5 heteroatoms. The lowest BCUT2D eigenvalue weighted by Gasteiger charge is -2.41. The molecule has 0 saturated carbocycles. The zero-order valence-corrected chi connectivity index (χ0v) is 11.8. The first-order chi connectivity index (χ1) is 9.30. The van der Waals surface area contributed by atoms with Gasteiger partial charge >= 0.3 is 5.97 Å². The van der Waals surface area contributed by atoms with Gasteiger partial charge < -0.3 is 10.0 Å². The van der Waals surface area contributed by atoms with E-state index < -0.39 is 11.5 Å². The highest BCUT2D eigenvalue weighted by atomic mass is 19.1. The maximum Gasteiger partial charge on any atom is 0.334 e. The van der Waals surface area contributed by atoms with Crippen molar-refractivity contribution in [3.63, 3.8) is 0 Å². The number of rotatable bonds is 3. The van der Waals surface area contributed by atoms with Gasteiger partial charge in [0.05, 0.1) is 0 Å². The van der Waals surface area contributed by atoms with E-state index in [2.05, 4.69) is 0 Å². The van der Waals surface area contributed by atoms with E-state index in [4.69, 9.17) is 0 Å². The van der Waals surface area contributed by atoms with Crippen LogP contribution in [0.15, 0.2) is 18.2 Å². The number of nitrogens with zero attached hydrogens (tertiary/aromatic N) is 1. The summed E-state index contributed by atoms with van der Waals surface area (Å²) < 4.78 is 13.3. The molecule has 0 fully saturated rings. The third-order valence-electron chi connectivity index (χ3n) is 3.89. The van der Waals surface area contributed by atoms with Crippen molar-refractivity contribution in [3.8, 4) is 0 Å². The Kier molecular flexibility index (Phi) is 3.54.